The van der Waals surface area contributed by atoms with E-state index in [1.165, 1.54) is 9.47 Å². The highest BCUT2D eigenvalue weighted by atomic mass is 28.3. The summed E-state index contributed by atoms with van der Waals surface area (Å²) in [6, 6.07) is 2.12. The Morgan fingerprint density at radius 2 is 1.70 bits per heavy atom. The van der Waals surface area contributed by atoms with Crippen molar-refractivity contribution >= 4 is 20.0 Å². The fourth-order valence-corrected chi connectivity index (χ4v) is 6.10. The third-order valence-electron chi connectivity index (χ3n) is 7.91. The molecule has 9 nitrogen and oxygen atoms in total. The van der Waals surface area contributed by atoms with E-state index < -0.39 is 13.6 Å². The Morgan fingerprint density at radius 1 is 1.05 bits per heavy atom. The maximum Gasteiger partial charge on any atom is 0.331 e. The van der Waals surface area contributed by atoms with E-state index in [1.54, 1.807) is 29.4 Å². The Morgan fingerprint density at radius 3 is 2.30 bits per heavy atom. The normalized spacial score (nSPS) is 22.2. The zero-order valence-electron chi connectivity index (χ0n) is 23.8. The molecule has 2 aliphatic rings. The number of aryl methyl sites for hydroxylation is 1. The predicted octanol–water partition coefficient (Wildman–Crippen LogP) is 4.20. The van der Waals surface area contributed by atoms with Gasteiger partial charge in [-0.3, -0.25) is 18.7 Å². The molecular weight excluding hydrogens is 488 g/mol. The van der Waals surface area contributed by atoms with Crippen molar-refractivity contribution in [2.45, 2.75) is 110 Å². The van der Waals surface area contributed by atoms with Crippen molar-refractivity contribution in [3.63, 3.8) is 0 Å². The van der Waals surface area contributed by atoms with Crippen LogP contribution in [0.5, 0.6) is 0 Å². The van der Waals surface area contributed by atoms with Gasteiger partial charge in [0.25, 0.3) is 11.5 Å². The predicted molar refractivity (Wildman–Crippen MR) is 148 cm³/mol. The minimum Gasteiger partial charge on any atom is -0.361 e. The smallest absolute Gasteiger partial charge is 0.331 e. The van der Waals surface area contributed by atoms with E-state index in [1.807, 2.05) is 6.92 Å². The third kappa shape index (κ3) is 6.63. The zero-order chi connectivity index (χ0) is 27.5. The maximum absolute atomic E-state index is 13.2. The Labute approximate surface area is 221 Å². The molecule has 3 amide bonds. The van der Waals surface area contributed by atoms with Gasteiger partial charge in [0, 0.05) is 45.6 Å². The largest absolute Gasteiger partial charge is 0.361 e. The van der Waals surface area contributed by atoms with E-state index in [-0.39, 0.29) is 41.9 Å². The van der Waals surface area contributed by atoms with Crippen molar-refractivity contribution in [1.29, 1.82) is 0 Å². The average Bonchev–Trinajstić information content (AvgIpc) is 2.96. The number of aromatic nitrogens is 2. The molecule has 3 rings (SSSR count). The number of carbonyl (C=O) groups excluding carboxylic acids is 2. The summed E-state index contributed by atoms with van der Waals surface area (Å²) in [7, 11) is -1.26. The van der Waals surface area contributed by atoms with Gasteiger partial charge in [-0.1, -0.05) is 33.0 Å². The molecule has 0 N–H and O–H groups in total. The van der Waals surface area contributed by atoms with Gasteiger partial charge in [0.1, 0.15) is 12.3 Å². The molecule has 0 atom stereocenters. The van der Waals surface area contributed by atoms with Crippen LogP contribution in [0.15, 0.2) is 15.7 Å². The third-order valence-corrected chi connectivity index (χ3v) is 9.62. The van der Waals surface area contributed by atoms with Crippen molar-refractivity contribution < 1.29 is 14.3 Å². The van der Waals surface area contributed by atoms with Crippen LogP contribution in [0.1, 0.15) is 71.0 Å². The number of hydrogen-bond acceptors (Lipinski definition) is 5. The summed E-state index contributed by atoms with van der Waals surface area (Å²) in [4.78, 5) is 55.1. The van der Waals surface area contributed by atoms with E-state index >= 15 is 0 Å². The lowest BCUT2D eigenvalue weighted by molar-refractivity contribution is -0.135. The van der Waals surface area contributed by atoms with Gasteiger partial charge >= 0.3 is 11.7 Å². The second-order valence-electron chi connectivity index (χ2n) is 12.5. The van der Waals surface area contributed by atoms with Gasteiger partial charge in [0.2, 0.25) is 0 Å². The van der Waals surface area contributed by atoms with Crippen LogP contribution in [-0.4, -0.2) is 64.4 Å². The topological polar surface area (TPSA) is 93.8 Å². The minimum absolute atomic E-state index is 0.00450. The molecule has 2 fully saturated rings. The van der Waals surface area contributed by atoms with Crippen molar-refractivity contribution in [3.8, 4) is 0 Å². The number of nitrogens with zero attached hydrogens (tertiary/aromatic N) is 4. The summed E-state index contributed by atoms with van der Waals surface area (Å²) in [5, 5.41) is 0. The summed E-state index contributed by atoms with van der Waals surface area (Å²) in [5.74, 6) is -0.0125. The molecule has 0 bridgehead atoms. The zero-order valence-corrected chi connectivity index (χ0v) is 24.8. The highest BCUT2D eigenvalue weighted by molar-refractivity contribution is 6.76. The first-order valence-corrected chi connectivity index (χ1v) is 17.5. The molecular formula is C27H46N4O5Si. The highest BCUT2D eigenvalue weighted by Crippen LogP contribution is 2.35. The van der Waals surface area contributed by atoms with Crippen LogP contribution >= 0.6 is 0 Å². The number of ether oxygens (including phenoxy) is 1. The number of hydrogen-bond donors (Lipinski definition) is 0. The molecule has 2 heterocycles. The number of rotatable bonds is 11. The number of amides is 3. The Balaban J connectivity index is 1.63. The van der Waals surface area contributed by atoms with Gasteiger partial charge in [-0.05, 0) is 64.8 Å². The first-order chi connectivity index (χ1) is 17.3. The fraction of sp³-hybridized carbons (Fsp3) is 0.778. The molecule has 1 aromatic heterocycles. The van der Waals surface area contributed by atoms with Crippen molar-refractivity contribution in [2.24, 2.45) is 5.92 Å². The molecule has 1 aliphatic carbocycles. The van der Waals surface area contributed by atoms with E-state index in [4.69, 9.17) is 4.74 Å². The van der Waals surface area contributed by atoms with E-state index in [9.17, 15) is 19.2 Å². The van der Waals surface area contributed by atoms with Crippen LogP contribution in [0.2, 0.25) is 25.7 Å². The molecule has 0 unspecified atom stereocenters. The van der Waals surface area contributed by atoms with Crippen LogP contribution < -0.4 is 11.2 Å². The lowest BCUT2D eigenvalue weighted by atomic mass is 9.85. The standard InChI is InChI=1S/C27H46N4O5Si/c1-8-9-14-28-20(2)17-23(32)31(26(28)35)22-12-10-21(11-13-22)18-30-25(34)29(24(33)27(30,3)4)19-36-15-16-37(5,6)7/h17,21-22H,8-16,18-19H2,1-7H3. The quantitative estimate of drug-likeness (QED) is 0.241. The van der Waals surface area contributed by atoms with Gasteiger partial charge in [-0.2, -0.15) is 0 Å². The molecule has 1 aliphatic heterocycles. The lowest BCUT2D eigenvalue weighted by Crippen LogP contribution is -2.47. The van der Waals surface area contributed by atoms with Crippen LogP contribution in [-0.2, 0) is 16.1 Å². The average molecular weight is 535 g/mol. The molecule has 1 saturated carbocycles. The second-order valence-corrected chi connectivity index (χ2v) is 18.1. The molecule has 10 heteroatoms. The first-order valence-electron chi connectivity index (χ1n) is 13.8. The van der Waals surface area contributed by atoms with Crippen LogP contribution in [0, 0.1) is 12.8 Å². The van der Waals surface area contributed by atoms with Gasteiger partial charge in [0.15, 0.2) is 0 Å². The summed E-state index contributed by atoms with van der Waals surface area (Å²) in [6.45, 7) is 15.9. The Hall–Kier alpha value is -2.20. The van der Waals surface area contributed by atoms with Crippen LogP contribution in [0.3, 0.4) is 0 Å². The lowest BCUT2D eigenvalue weighted by Gasteiger charge is -2.35. The number of unbranched alkanes of at least 4 members (excludes halogenated alkanes) is 1. The second kappa shape index (κ2) is 11.7. The summed E-state index contributed by atoms with van der Waals surface area (Å²) in [6.07, 6.45) is 4.87. The highest BCUT2D eigenvalue weighted by Gasteiger charge is 2.51. The van der Waals surface area contributed by atoms with Gasteiger partial charge in [0.05, 0.1) is 0 Å². The number of carbonyl (C=O) groups is 2. The first kappa shape index (κ1) is 29.4. The van der Waals surface area contributed by atoms with E-state index in [2.05, 4.69) is 26.6 Å². The molecule has 1 saturated heterocycles. The van der Waals surface area contributed by atoms with Crippen LogP contribution in [0.25, 0.3) is 0 Å². The monoisotopic (exact) mass is 534 g/mol. The van der Waals surface area contributed by atoms with Crippen LogP contribution in [0.4, 0.5) is 4.79 Å². The maximum atomic E-state index is 13.2. The van der Waals surface area contributed by atoms with Gasteiger partial charge in [-0.15, -0.1) is 0 Å². The number of urea groups is 1. The Kier molecular flexibility index (Phi) is 9.26. The Bertz CT molecular complexity index is 1100. The molecule has 0 spiro atoms. The van der Waals surface area contributed by atoms with Gasteiger partial charge in [-0.25, -0.2) is 14.5 Å². The van der Waals surface area contributed by atoms with Crippen molar-refractivity contribution in [3.05, 3.63) is 32.6 Å². The molecule has 37 heavy (non-hydrogen) atoms. The molecule has 208 valence electrons. The van der Waals surface area contributed by atoms with Crippen molar-refractivity contribution in [2.75, 3.05) is 19.9 Å². The fourth-order valence-electron chi connectivity index (χ4n) is 5.34. The summed E-state index contributed by atoms with van der Waals surface area (Å²) < 4.78 is 8.88. The van der Waals surface area contributed by atoms with Gasteiger partial charge < -0.3 is 9.64 Å². The van der Waals surface area contributed by atoms with Crippen molar-refractivity contribution in [1.82, 2.24) is 18.9 Å². The minimum atomic E-state index is -1.26. The summed E-state index contributed by atoms with van der Waals surface area (Å²) >= 11 is 0. The molecule has 0 aromatic carbocycles. The summed E-state index contributed by atoms with van der Waals surface area (Å²) in [5.41, 5.74) is -0.656. The van der Waals surface area contributed by atoms with E-state index in [0.29, 0.717) is 38.2 Å². The number of imide groups is 1. The molecule has 1 aromatic rings. The SMILES string of the molecule is CCCCn1c(C)cc(=O)n(C2CCC(CN3C(=O)N(COCC[Si](C)(C)C)C(=O)C3(C)C)CC2)c1=O. The van der Waals surface area contributed by atoms with E-state index in [0.717, 1.165) is 31.7 Å². The molecule has 0 radical (unpaired) electrons.